The highest BCUT2D eigenvalue weighted by Gasteiger charge is 2.23. The van der Waals surface area contributed by atoms with E-state index in [4.69, 9.17) is 0 Å². The number of aromatic nitrogens is 1. The number of carbonyl (C=O) groups excluding carboxylic acids is 2. The zero-order chi connectivity index (χ0) is 15.9. The summed E-state index contributed by atoms with van der Waals surface area (Å²) in [5.41, 5.74) is 0.519. The Kier molecular flexibility index (Phi) is 5.89. The lowest BCUT2D eigenvalue weighted by Gasteiger charge is -2.26. The van der Waals surface area contributed by atoms with Crippen molar-refractivity contribution in [1.29, 1.82) is 0 Å². The molecule has 1 aliphatic rings. The van der Waals surface area contributed by atoms with E-state index >= 15 is 0 Å². The highest BCUT2D eigenvalue weighted by atomic mass is 16.5. The van der Waals surface area contributed by atoms with Crippen LogP contribution in [0.1, 0.15) is 59.2 Å². The molecule has 120 valence electrons. The van der Waals surface area contributed by atoms with E-state index < -0.39 is 12.1 Å². The number of carbonyl (C=O) groups is 2. The van der Waals surface area contributed by atoms with Crippen molar-refractivity contribution in [3.8, 4) is 0 Å². The summed E-state index contributed by atoms with van der Waals surface area (Å²) >= 11 is 0. The molecule has 1 heterocycles. The molecular weight excluding hydrogens is 284 g/mol. The van der Waals surface area contributed by atoms with Crippen LogP contribution in [0.25, 0.3) is 0 Å². The minimum atomic E-state index is -0.534. The maximum atomic E-state index is 12.3. The third kappa shape index (κ3) is 4.27. The summed E-state index contributed by atoms with van der Waals surface area (Å²) in [6.45, 7) is 0. The van der Waals surface area contributed by atoms with Crippen LogP contribution in [0.2, 0.25) is 0 Å². The van der Waals surface area contributed by atoms with Crippen molar-refractivity contribution >= 4 is 11.9 Å². The van der Waals surface area contributed by atoms with Gasteiger partial charge in [0.1, 0.15) is 0 Å². The number of aliphatic hydroxyl groups is 1. The quantitative estimate of drug-likeness (QED) is 0.830. The predicted molar refractivity (Wildman–Crippen MR) is 80.5 cm³/mol. The fourth-order valence-corrected chi connectivity index (χ4v) is 2.68. The summed E-state index contributed by atoms with van der Waals surface area (Å²) in [4.78, 5) is 27.7. The summed E-state index contributed by atoms with van der Waals surface area (Å²) in [5, 5.41) is 13.0. The highest BCUT2D eigenvalue weighted by Crippen LogP contribution is 2.18. The molecule has 1 saturated carbocycles. The van der Waals surface area contributed by atoms with E-state index in [1.807, 2.05) is 0 Å². The van der Waals surface area contributed by atoms with E-state index in [9.17, 15) is 14.7 Å². The van der Waals surface area contributed by atoms with E-state index in [0.29, 0.717) is 6.42 Å². The van der Waals surface area contributed by atoms with Gasteiger partial charge in [0.05, 0.1) is 30.4 Å². The van der Waals surface area contributed by atoms with Crippen LogP contribution in [0.3, 0.4) is 0 Å². The zero-order valence-corrected chi connectivity index (χ0v) is 12.7. The van der Waals surface area contributed by atoms with Crippen LogP contribution in [0.15, 0.2) is 18.5 Å². The molecule has 2 N–H and O–H groups in total. The zero-order valence-electron chi connectivity index (χ0n) is 12.7. The molecule has 22 heavy (non-hydrogen) atoms. The van der Waals surface area contributed by atoms with Crippen molar-refractivity contribution in [2.75, 3.05) is 7.11 Å². The van der Waals surface area contributed by atoms with Gasteiger partial charge in [-0.1, -0.05) is 25.7 Å². The van der Waals surface area contributed by atoms with Crippen molar-refractivity contribution in [3.63, 3.8) is 0 Å². The second-order valence-corrected chi connectivity index (χ2v) is 5.59. The lowest BCUT2D eigenvalue weighted by atomic mass is 9.94. The van der Waals surface area contributed by atoms with Gasteiger partial charge in [0.25, 0.3) is 5.91 Å². The number of ether oxygens (including phenoxy) is 1. The molecule has 1 amide bonds. The molecule has 0 bridgehead atoms. The van der Waals surface area contributed by atoms with Crippen molar-refractivity contribution in [3.05, 3.63) is 29.6 Å². The van der Waals surface area contributed by atoms with Crippen LogP contribution in [0, 0.1) is 0 Å². The minimum Gasteiger partial charge on any atom is -0.465 e. The largest absolute Gasteiger partial charge is 0.465 e. The fraction of sp³-hybridized carbons (Fsp3) is 0.562. The number of hydrogen-bond acceptors (Lipinski definition) is 5. The number of rotatable bonds is 3. The van der Waals surface area contributed by atoms with Crippen molar-refractivity contribution in [1.82, 2.24) is 10.3 Å². The molecule has 1 aliphatic carbocycles. The Balaban J connectivity index is 2.05. The predicted octanol–water partition coefficient (Wildman–Crippen LogP) is 1.68. The number of amides is 1. The Morgan fingerprint density at radius 1 is 1.18 bits per heavy atom. The van der Waals surface area contributed by atoms with Gasteiger partial charge in [0, 0.05) is 12.4 Å². The standard InChI is InChI=1S/C16H22N2O4/c1-22-16(21)12-8-11(9-17-10-12)15(20)18-13-6-4-2-3-5-7-14(13)19/h8-10,13-14,19H,2-7H2,1H3,(H,18,20)/t13-,14-/m0/s1. The van der Waals surface area contributed by atoms with Gasteiger partial charge in [-0.05, 0) is 18.9 Å². The Morgan fingerprint density at radius 3 is 2.59 bits per heavy atom. The number of nitrogens with zero attached hydrogens (tertiary/aromatic N) is 1. The van der Waals surface area contributed by atoms with Gasteiger partial charge in [-0.3, -0.25) is 9.78 Å². The second-order valence-electron chi connectivity index (χ2n) is 5.59. The average Bonchev–Trinajstić information content (AvgIpc) is 2.53. The molecule has 6 nitrogen and oxygen atoms in total. The first-order valence-corrected chi connectivity index (χ1v) is 7.64. The summed E-state index contributed by atoms with van der Waals surface area (Å²) in [6, 6.07) is 1.19. The highest BCUT2D eigenvalue weighted by molar-refractivity contribution is 5.97. The van der Waals surface area contributed by atoms with Gasteiger partial charge in [-0.25, -0.2) is 4.79 Å². The first kappa shape index (κ1) is 16.4. The summed E-state index contributed by atoms with van der Waals surface area (Å²) in [6.07, 6.45) is 7.91. The molecule has 0 spiro atoms. The van der Waals surface area contributed by atoms with Crippen LogP contribution >= 0.6 is 0 Å². The second kappa shape index (κ2) is 7.89. The molecule has 0 aromatic carbocycles. The fourth-order valence-electron chi connectivity index (χ4n) is 2.68. The van der Waals surface area contributed by atoms with E-state index in [2.05, 4.69) is 15.0 Å². The van der Waals surface area contributed by atoms with Crippen LogP contribution in [0.5, 0.6) is 0 Å². The average molecular weight is 306 g/mol. The Hall–Kier alpha value is -1.95. The molecule has 1 fully saturated rings. The van der Waals surface area contributed by atoms with E-state index in [1.165, 1.54) is 25.6 Å². The SMILES string of the molecule is COC(=O)c1cncc(C(=O)N[C@H]2CCCCCC[C@@H]2O)c1. The van der Waals surface area contributed by atoms with E-state index in [0.717, 1.165) is 32.1 Å². The number of hydrogen-bond donors (Lipinski definition) is 2. The number of methoxy groups -OCH3 is 1. The Morgan fingerprint density at radius 2 is 1.86 bits per heavy atom. The minimum absolute atomic E-state index is 0.230. The number of nitrogens with one attached hydrogen (secondary N) is 1. The lowest BCUT2D eigenvalue weighted by molar-refractivity contribution is 0.0600. The maximum absolute atomic E-state index is 12.3. The van der Waals surface area contributed by atoms with Crippen LogP contribution in [-0.4, -0.2) is 41.2 Å². The van der Waals surface area contributed by atoms with Crippen molar-refractivity contribution < 1.29 is 19.4 Å². The van der Waals surface area contributed by atoms with Gasteiger partial charge in [0.15, 0.2) is 0 Å². The van der Waals surface area contributed by atoms with Crippen LogP contribution < -0.4 is 5.32 Å². The monoisotopic (exact) mass is 306 g/mol. The summed E-state index contributed by atoms with van der Waals surface area (Å²) in [7, 11) is 1.28. The molecule has 6 heteroatoms. The molecule has 1 aromatic heterocycles. The number of aliphatic hydroxyl groups excluding tert-OH is 1. The topological polar surface area (TPSA) is 88.5 Å². The maximum Gasteiger partial charge on any atom is 0.339 e. The van der Waals surface area contributed by atoms with Crippen molar-refractivity contribution in [2.45, 2.75) is 50.7 Å². The van der Waals surface area contributed by atoms with Crippen LogP contribution in [0.4, 0.5) is 0 Å². The summed E-state index contributed by atoms with van der Waals surface area (Å²) in [5.74, 6) is -0.865. The first-order chi connectivity index (χ1) is 10.6. The van der Waals surface area contributed by atoms with Gasteiger partial charge in [0.2, 0.25) is 0 Å². The molecule has 0 saturated heterocycles. The van der Waals surface area contributed by atoms with Gasteiger partial charge in [-0.15, -0.1) is 0 Å². The number of esters is 1. The molecular formula is C16H22N2O4. The first-order valence-electron chi connectivity index (χ1n) is 7.64. The molecule has 1 aromatic rings. The Labute approximate surface area is 129 Å². The van der Waals surface area contributed by atoms with E-state index in [-0.39, 0.29) is 23.1 Å². The molecule has 0 aliphatic heterocycles. The normalized spacial score (nSPS) is 22.3. The Bertz CT molecular complexity index is 533. The van der Waals surface area contributed by atoms with Crippen LogP contribution in [-0.2, 0) is 4.74 Å². The van der Waals surface area contributed by atoms with Gasteiger partial charge >= 0.3 is 5.97 Å². The molecule has 0 unspecified atom stereocenters. The van der Waals surface area contributed by atoms with E-state index in [1.54, 1.807) is 0 Å². The van der Waals surface area contributed by atoms with Gasteiger partial charge < -0.3 is 15.2 Å². The lowest BCUT2D eigenvalue weighted by Crippen LogP contribution is -2.43. The smallest absolute Gasteiger partial charge is 0.339 e. The number of pyridine rings is 1. The molecule has 2 rings (SSSR count). The van der Waals surface area contributed by atoms with Gasteiger partial charge in [-0.2, -0.15) is 0 Å². The summed E-state index contributed by atoms with van der Waals surface area (Å²) < 4.78 is 4.62. The third-order valence-electron chi connectivity index (χ3n) is 3.97. The molecule has 2 atom stereocenters. The third-order valence-corrected chi connectivity index (χ3v) is 3.97. The van der Waals surface area contributed by atoms with Crippen molar-refractivity contribution in [2.24, 2.45) is 0 Å². The molecule has 0 radical (unpaired) electrons.